The summed E-state index contributed by atoms with van der Waals surface area (Å²) in [6.07, 6.45) is 8.70. The van der Waals surface area contributed by atoms with E-state index in [4.69, 9.17) is 4.74 Å². The maximum Gasteiger partial charge on any atom is 0.224 e. The molecule has 4 aliphatic carbocycles. The quantitative estimate of drug-likeness (QED) is 0.783. The Bertz CT molecular complexity index is 364. The van der Waals surface area contributed by atoms with Crippen LogP contribution in [-0.2, 0) is 9.53 Å². The van der Waals surface area contributed by atoms with E-state index in [1.165, 1.54) is 32.1 Å². The van der Waals surface area contributed by atoms with E-state index < -0.39 is 0 Å². The van der Waals surface area contributed by atoms with Crippen molar-refractivity contribution in [2.45, 2.75) is 57.5 Å². The SMILES string of the molecule is CC1(OCN2CCCC2=O)C2CC3CC(C2)CC1C3. The Kier molecular flexibility index (Phi) is 2.70. The highest BCUT2D eigenvalue weighted by Gasteiger charge is 2.55. The van der Waals surface area contributed by atoms with Crippen LogP contribution in [0.15, 0.2) is 0 Å². The zero-order valence-corrected chi connectivity index (χ0v) is 11.9. The van der Waals surface area contributed by atoms with E-state index in [9.17, 15) is 4.79 Å². The highest BCUT2D eigenvalue weighted by atomic mass is 16.5. The molecule has 1 aliphatic heterocycles. The van der Waals surface area contributed by atoms with Crippen molar-refractivity contribution in [1.29, 1.82) is 0 Å². The van der Waals surface area contributed by atoms with Gasteiger partial charge in [-0.3, -0.25) is 4.79 Å². The molecule has 5 aliphatic rings. The van der Waals surface area contributed by atoms with Crippen molar-refractivity contribution >= 4 is 5.91 Å². The number of rotatable bonds is 3. The van der Waals surface area contributed by atoms with E-state index in [1.807, 2.05) is 4.90 Å². The topological polar surface area (TPSA) is 29.5 Å². The van der Waals surface area contributed by atoms with Crippen molar-refractivity contribution in [3.8, 4) is 0 Å². The molecule has 0 aromatic rings. The first-order valence-corrected chi connectivity index (χ1v) is 8.07. The lowest BCUT2D eigenvalue weighted by molar-refractivity contribution is -0.210. The molecule has 0 radical (unpaired) electrons. The number of hydrogen-bond donors (Lipinski definition) is 0. The highest BCUT2D eigenvalue weighted by molar-refractivity contribution is 5.77. The van der Waals surface area contributed by atoms with Gasteiger partial charge in [-0.25, -0.2) is 0 Å². The minimum absolute atomic E-state index is 0.0519. The van der Waals surface area contributed by atoms with Crippen molar-refractivity contribution in [2.75, 3.05) is 13.3 Å². The molecule has 5 rings (SSSR count). The minimum atomic E-state index is 0.0519. The molecule has 4 bridgehead atoms. The third-order valence-corrected chi connectivity index (χ3v) is 6.46. The molecule has 1 saturated heterocycles. The third-order valence-electron chi connectivity index (χ3n) is 6.46. The van der Waals surface area contributed by atoms with E-state index in [-0.39, 0.29) is 11.5 Å². The van der Waals surface area contributed by atoms with Crippen LogP contribution >= 0.6 is 0 Å². The first kappa shape index (κ1) is 12.2. The van der Waals surface area contributed by atoms with Crippen LogP contribution in [0, 0.1) is 23.7 Å². The van der Waals surface area contributed by atoms with Gasteiger partial charge in [-0.2, -0.15) is 0 Å². The molecule has 4 saturated carbocycles. The Morgan fingerprint density at radius 2 is 1.79 bits per heavy atom. The van der Waals surface area contributed by atoms with E-state index in [0.717, 1.165) is 43.1 Å². The van der Waals surface area contributed by atoms with E-state index in [2.05, 4.69) is 6.92 Å². The predicted octanol–water partition coefficient (Wildman–Crippen LogP) is 2.80. The predicted molar refractivity (Wildman–Crippen MR) is 72.3 cm³/mol. The van der Waals surface area contributed by atoms with Gasteiger partial charge in [-0.05, 0) is 69.1 Å². The molecule has 3 heteroatoms. The van der Waals surface area contributed by atoms with Gasteiger partial charge in [0.1, 0.15) is 6.73 Å². The fourth-order valence-electron chi connectivity index (χ4n) is 5.41. The molecule has 106 valence electrons. The molecule has 1 amide bonds. The van der Waals surface area contributed by atoms with Gasteiger partial charge in [0.2, 0.25) is 5.91 Å². The van der Waals surface area contributed by atoms with Crippen LogP contribution in [-0.4, -0.2) is 29.7 Å². The van der Waals surface area contributed by atoms with Gasteiger partial charge in [-0.1, -0.05) is 0 Å². The fraction of sp³-hybridized carbons (Fsp3) is 0.938. The van der Waals surface area contributed by atoms with Crippen LogP contribution < -0.4 is 0 Å². The van der Waals surface area contributed by atoms with Crippen molar-refractivity contribution in [1.82, 2.24) is 4.90 Å². The minimum Gasteiger partial charge on any atom is -0.354 e. The van der Waals surface area contributed by atoms with Gasteiger partial charge in [-0.15, -0.1) is 0 Å². The Morgan fingerprint density at radius 3 is 2.32 bits per heavy atom. The molecule has 1 heterocycles. The summed E-state index contributed by atoms with van der Waals surface area (Å²) in [6, 6.07) is 0. The standard InChI is InChI=1S/C16H25NO2/c1-16(19-10-17-4-2-3-15(17)18)13-6-11-5-12(8-13)9-14(16)7-11/h11-14H,2-10H2,1H3. The lowest BCUT2D eigenvalue weighted by Gasteiger charge is -2.59. The van der Waals surface area contributed by atoms with Gasteiger partial charge in [0.15, 0.2) is 0 Å². The largest absolute Gasteiger partial charge is 0.354 e. The molecule has 19 heavy (non-hydrogen) atoms. The lowest BCUT2D eigenvalue weighted by atomic mass is 9.50. The van der Waals surface area contributed by atoms with E-state index in [1.54, 1.807) is 0 Å². The molecule has 0 atom stereocenters. The second-order valence-electron chi connectivity index (χ2n) is 7.52. The molecular weight excluding hydrogens is 238 g/mol. The van der Waals surface area contributed by atoms with Crippen LogP contribution in [0.2, 0.25) is 0 Å². The maximum absolute atomic E-state index is 11.7. The maximum atomic E-state index is 11.7. The smallest absolute Gasteiger partial charge is 0.224 e. The van der Waals surface area contributed by atoms with E-state index in [0.29, 0.717) is 6.73 Å². The zero-order valence-electron chi connectivity index (χ0n) is 11.9. The van der Waals surface area contributed by atoms with E-state index >= 15 is 0 Å². The number of nitrogens with zero attached hydrogens (tertiary/aromatic N) is 1. The van der Waals surface area contributed by atoms with Gasteiger partial charge >= 0.3 is 0 Å². The Labute approximate surface area is 115 Å². The summed E-state index contributed by atoms with van der Waals surface area (Å²) in [7, 11) is 0. The Hall–Kier alpha value is -0.570. The van der Waals surface area contributed by atoms with Gasteiger partial charge in [0.05, 0.1) is 5.60 Å². The summed E-state index contributed by atoms with van der Waals surface area (Å²) >= 11 is 0. The average Bonchev–Trinajstić information content (AvgIpc) is 2.78. The number of carbonyl (C=O) groups excluding carboxylic acids is 1. The van der Waals surface area contributed by atoms with Crippen LogP contribution in [0.3, 0.4) is 0 Å². The Balaban J connectivity index is 1.46. The molecule has 5 fully saturated rings. The second kappa shape index (κ2) is 4.21. The molecule has 3 nitrogen and oxygen atoms in total. The molecule has 0 N–H and O–H groups in total. The number of carbonyl (C=O) groups is 1. The number of likely N-dealkylation sites (tertiary alicyclic amines) is 1. The normalized spacial score (nSPS) is 48.3. The first-order valence-electron chi connectivity index (χ1n) is 8.07. The van der Waals surface area contributed by atoms with Crippen molar-refractivity contribution in [2.24, 2.45) is 23.7 Å². The Morgan fingerprint density at radius 1 is 1.16 bits per heavy atom. The van der Waals surface area contributed by atoms with Gasteiger partial charge < -0.3 is 9.64 Å². The van der Waals surface area contributed by atoms with Crippen molar-refractivity contribution in [3.05, 3.63) is 0 Å². The number of ether oxygens (including phenoxy) is 1. The number of amides is 1. The molecule has 0 aromatic heterocycles. The van der Waals surface area contributed by atoms with Crippen LogP contribution in [0.4, 0.5) is 0 Å². The summed E-state index contributed by atoms with van der Waals surface area (Å²) in [4.78, 5) is 13.6. The molecule has 0 unspecified atom stereocenters. The highest BCUT2D eigenvalue weighted by Crippen LogP contribution is 2.59. The molecular formula is C16H25NO2. The summed E-state index contributed by atoms with van der Waals surface area (Å²) in [6.45, 7) is 3.77. The average molecular weight is 263 g/mol. The lowest BCUT2D eigenvalue weighted by Crippen LogP contribution is -2.58. The monoisotopic (exact) mass is 263 g/mol. The fourth-order valence-corrected chi connectivity index (χ4v) is 5.41. The van der Waals surface area contributed by atoms with Crippen molar-refractivity contribution in [3.63, 3.8) is 0 Å². The first-order chi connectivity index (χ1) is 9.15. The van der Waals surface area contributed by atoms with Gasteiger partial charge in [0, 0.05) is 13.0 Å². The summed E-state index contributed by atoms with van der Waals surface area (Å²) in [5.41, 5.74) is 0.0519. The van der Waals surface area contributed by atoms with Gasteiger partial charge in [0.25, 0.3) is 0 Å². The van der Waals surface area contributed by atoms with Crippen molar-refractivity contribution < 1.29 is 9.53 Å². The molecule has 0 spiro atoms. The molecule has 0 aromatic carbocycles. The summed E-state index contributed by atoms with van der Waals surface area (Å²) in [5, 5.41) is 0. The van der Waals surface area contributed by atoms with Crippen LogP contribution in [0.1, 0.15) is 51.9 Å². The third kappa shape index (κ3) is 1.84. The summed E-state index contributed by atoms with van der Waals surface area (Å²) < 4.78 is 6.37. The summed E-state index contributed by atoms with van der Waals surface area (Å²) in [5.74, 6) is 3.75. The second-order valence-corrected chi connectivity index (χ2v) is 7.52. The zero-order chi connectivity index (χ0) is 13.0. The van der Waals surface area contributed by atoms with Crippen LogP contribution in [0.5, 0.6) is 0 Å². The van der Waals surface area contributed by atoms with Crippen LogP contribution in [0.25, 0.3) is 0 Å². The number of hydrogen-bond acceptors (Lipinski definition) is 2.